The number of Topliss-reactive ketones (excluding diaryl/α,β-unsaturated/α-hetero) is 1. The van der Waals surface area contributed by atoms with E-state index in [-0.39, 0.29) is 26.9 Å². The molecule has 0 unspecified atom stereocenters. The number of thiazole rings is 1. The summed E-state index contributed by atoms with van der Waals surface area (Å²) >= 11 is 0.983. The van der Waals surface area contributed by atoms with Gasteiger partial charge in [0.1, 0.15) is 15.7 Å². The van der Waals surface area contributed by atoms with E-state index in [0.29, 0.717) is 0 Å². The lowest BCUT2D eigenvalue weighted by molar-refractivity contribution is 0.0591. The number of ketones is 1. The summed E-state index contributed by atoms with van der Waals surface area (Å²) in [5, 5.41) is 0.285. The third-order valence-electron chi connectivity index (χ3n) is 2.68. The van der Waals surface area contributed by atoms with Crippen LogP contribution in [-0.4, -0.2) is 23.8 Å². The van der Waals surface area contributed by atoms with Gasteiger partial charge in [0.15, 0.2) is 11.5 Å². The summed E-state index contributed by atoms with van der Waals surface area (Å²) in [7, 11) is 1.21. The van der Waals surface area contributed by atoms with Crippen molar-refractivity contribution in [3.05, 3.63) is 40.2 Å². The summed E-state index contributed by atoms with van der Waals surface area (Å²) in [6.07, 6.45) is 0. The Kier molecular flexibility index (Phi) is 3.94. The number of aryl methyl sites for hydroxylation is 1. The maximum Gasteiger partial charge on any atom is 0.358 e. The van der Waals surface area contributed by atoms with Crippen LogP contribution in [-0.2, 0) is 4.74 Å². The molecule has 20 heavy (non-hydrogen) atoms. The van der Waals surface area contributed by atoms with Gasteiger partial charge in [-0.1, -0.05) is 6.07 Å². The standard InChI is InChI=1S/C14H12FNO3S/c1-7-4-5-9(10(15)6-7)13-16-11(14(18)19-3)12(20-13)8(2)17/h4-6H,1-3H3. The number of hydrogen-bond acceptors (Lipinski definition) is 5. The van der Waals surface area contributed by atoms with Crippen LogP contribution in [0.1, 0.15) is 32.6 Å². The summed E-state index contributed by atoms with van der Waals surface area (Å²) in [5.74, 6) is -1.45. The molecule has 0 saturated carbocycles. The molecule has 6 heteroatoms. The fourth-order valence-electron chi connectivity index (χ4n) is 1.70. The lowest BCUT2D eigenvalue weighted by Crippen LogP contribution is -2.06. The maximum atomic E-state index is 13.9. The van der Waals surface area contributed by atoms with Crippen molar-refractivity contribution in [2.45, 2.75) is 13.8 Å². The van der Waals surface area contributed by atoms with E-state index in [2.05, 4.69) is 9.72 Å². The number of benzene rings is 1. The van der Waals surface area contributed by atoms with Crippen LogP contribution >= 0.6 is 11.3 Å². The molecule has 0 aliphatic heterocycles. The van der Waals surface area contributed by atoms with Gasteiger partial charge in [-0.05, 0) is 24.6 Å². The molecule has 1 aromatic heterocycles. The zero-order valence-electron chi connectivity index (χ0n) is 11.2. The fraction of sp³-hybridized carbons (Fsp3) is 0.214. The normalized spacial score (nSPS) is 10.4. The molecule has 1 aromatic carbocycles. The van der Waals surface area contributed by atoms with Crippen LogP contribution in [0.3, 0.4) is 0 Å². The minimum absolute atomic E-state index is 0.0695. The third kappa shape index (κ3) is 2.60. The van der Waals surface area contributed by atoms with Gasteiger partial charge in [-0.15, -0.1) is 11.3 Å². The summed E-state index contributed by atoms with van der Waals surface area (Å²) < 4.78 is 18.5. The number of halogens is 1. The molecular formula is C14H12FNO3S. The van der Waals surface area contributed by atoms with E-state index < -0.39 is 11.8 Å². The largest absolute Gasteiger partial charge is 0.464 e. The SMILES string of the molecule is COC(=O)c1nc(-c2ccc(C)cc2F)sc1C(C)=O. The van der Waals surface area contributed by atoms with Gasteiger partial charge >= 0.3 is 5.97 Å². The highest BCUT2D eigenvalue weighted by Gasteiger charge is 2.23. The average Bonchev–Trinajstić information content (AvgIpc) is 2.82. The van der Waals surface area contributed by atoms with Crippen molar-refractivity contribution in [1.82, 2.24) is 4.98 Å². The number of carbonyl (C=O) groups is 2. The molecule has 0 radical (unpaired) electrons. The minimum Gasteiger partial charge on any atom is -0.464 e. The Labute approximate surface area is 119 Å². The molecule has 2 aromatic rings. The molecule has 1 heterocycles. The first kappa shape index (κ1) is 14.3. The van der Waals surface area contributed by atoms with E-state index in [1.807, 2.05) is 0 Å². The van der Waals surface area contributed by atoms with Crippen LogP contribution < -0.4 is 0 Å². The number of hydrogen-bond donors (Lipinski definition) is 0. The molecule has 0 aliphatic carbocycles. The number of carbonyl (C=O) groups excluding carboxylic acids is 2. The summed E-state index contributed by atoms with van der Waals surface area (Å²) in [6, 6.07) is 4.70. The summed E-state index contributed by atoms with van der Waals surface area (Å²) in [5.41, 5.74) is 0.973. The van der Waals surface area contributed by atoms with Crippen molar-refractivity contribution in [1.29, 1.82) is 0 Å². The zero-order chi connectivity index (χ0) is 14.9. The van der Waals surface area contributed by atoms with Crippen LogP contribution in [0, 0.1) is 12.7 Å². The lowest BCUT2D eigenvalue weighted by atomic mass is 10.1. The van der Waals surface area contributed by atoms with Crippen molar-refractivity contribution >= 4 is 23.1 Å². The Morgan fingerprint density at radius 1 is 1.35 bits per heavy atom. The number of ether oxygens (including phenoxy) is 1. The second kappa shape index (κ2) is 5.50. The van der Waals surface area contributed by atoms with Crippen LogP contribution in [0.4, 0.5) is 4.39 Å². The number of methoxy groups -OCH3 is 1. The van der Waals surface area contributed by atoms with Crippen LogP contribution in [0.25, 0.3) is 10.6 Å². The molecule has 0 amide bonds. The Morgan fingerprint density at radius 2 is 2.05 bits per heavy atom. The van der Waals surface area contributed by atoms with Gasteiger partial charge in [-0.3, -0.25) is 4.79 Å². The second-order valence-electron chi connectivity index (χ2n) is 4.23. The maximum absolute atomic E-state index is 13.9. The lowest BCUT2D eigenvalue weighted by Gasteiger charge is -1.99. The van der Waals surface area contributed by atoms with E-state index in [1.165, 1.54) is 20.1 Å². The van der Waals surface area contributed by atoms with Gasteiger partial charge < -0.3 is 4.74 Å². The molecule has 0 fully saturated rings. The van der Waals surface area contributed by atoms with E-state index in [4.69, 9.17) is 0 Å². The Bertz CT molecular complexity index is 694. The molecule has 2 rings (SSSR count). The Morgan fingerprint density at radius 3 is 2.60 bits per heavy atom. The van der Waals surface area contributed by atoms with Gasteiger partial charge in [0.2, 0.25) is 0 Å². The van der Waals surface area contributed by atoms with E-state index in [1.54, 1.807) is 19.1 Å². The van der Waals surface area contributed by atoms with Crippen molar-refractivity contribution in [3.63, 3.8) is 0 Å². The first-order valence-electron chi connectivity index (χ1n) is 5.80. The molecule has 0 spiro atoms. The predicted molar refractivity (Wildman–Crippen MR) is 73.6 cm³/mol. The number of esters is 1. The molecular weight excluding hydrogens is 281 g/mol. The third-order valence-corrected chi connectivity index (χ3v) is 3.87. The first-order valence-corrected chi connectivity index (χ1v) is 6.62. The number of nitrogens with zero attached hydrogens (tertiary/aromatic N) is 1. The summed E-state index contributed by atoms with van der Waals surface area (Å²) in [6.45, 7) is 3.10. The fourth-order valence-corrected chi connectivity index (χ4v) is 2.68. The van der Waals surface area contributed by atoms with Gasteiger partial charge in [0.05, 0.1) is 7.11 Å². The molecule has 0 atom stereocenters. The van der Waals surface area contributed by atoms with Gasteiger partial charge in [-0.2, -0.15) is 0 Å². The van der Waals surface area contributed by atoms with Crippen LogP contribution in [0.2, 0.25) is 0 Å². The second-order valence-corrected chi connectivity index (χ2v) is 5.23. The average molecular weight is 293 g/mol. The minimum atomic E-state index is -0.704. The first-order chi connectivity index (χ1) is 9.43. The van der Waals surface area contributed by atoms with Crippen molar-refractivity contribution in [3.8, 4) is 10.6 Å². The topological polar surface area (TPSA) is 56.3 Å². The van der Waals surface area contributed by atoms with E-state index in [0.717, 1.165) is 16.9 Å². The number of rotatable bonds is 3. The van der Waals surface area contributed by atoms with Crippen LogP contribution in [0.5, 0.6) is 0 Å². The highest BCUT2D eigenvalue weighted by atomic mass is 32.1. The smallest absolute Gasteiger partial charge is 0.358 e. The molecule has 0 aliphatic rings. The number of aromatic nitrogens is 1. The highest BCUT2D eigenvalue weighted by molar-refractivity contribution is 7.17. The predicted octanol–water partition coefficient (Wildman–Crippen LogP) is 3.25. The van der Waals surface area contributed by atoms with Crippen molar-refractivity contribution in [2.75, 3.05) is 7.11 Å². The molecule has 0 N–H and O–H groups in total. The quantitative estimate of drug-likeness (QED) is 0.644. The van der Waals surface area contributed by atoms with Crippen molar-refractivity contribution < 1.29 is 18.7 Å². The monoisotopic (exact) mass is 293 g/mol. The Balaban J connectivity index is 2.58. The van der Waals surface area contributed by atoms with E-state index >= 15 is 0 Å². The molecule has 104 valence electrons. The summed E-state index contributed by atoms with van der Waals surface area (Å²) in [4.78, 5) is 27.4. The highest BCUT2D eigenvalue weighted by Crippen LogP contribution is 2.31. The zero-order valence-corrected chi connectivity index (χ0v) is 12.0. The van der Waals surface area contributed by atoms with Gasteiger partial charge in [-0.25, -0.2) is 14.2 Å². The van der Waals surface area contributed by atoms with Gasteiger partial charge in [0, 0.05) is 12.5 Å². The van der Waals surface area contributed by atoms with Crippen molar-refractivity contribution in [2.24, 2.45) is 0 Å². The Hall–Kier alpha value is -2.08. The van der Waals surface area contributed by atoms with Crippen LogP contribution in [0.15, 0.2) is 18.2 Å². The molecule has 0 saturated heterocycles. The molecule has 4 nitrogen and oxygen atoms in total. The van der Waals surface area contributed by atoms with E-state index in [9.17, 15) is 14.0 Å². The van der Waals surface area contributed by atoms with Gasteiger partial charge in [0.25, 0.3) is 0 Å². The molecule has 0 bridgehead atoms.